The minimum Gasteiger partial charge on any atom is -0.478 e. The first-order valence-electron chi connectivity index (χ1n) is 8.84. The van der Waals surface area contributed by atoms with Crippen LogP contribution < -0.4 is 15.5 Å². The van der Waals surface area contributed by atoms with Crippen LogP contribution in [0, 0.1) is 10.1 Å². The van der Waals surface area contributed by atoms with Crippen molar-refractivity contribution < 1.29 is 19.6 Å². The zero-order valence-corrected chi connectivity index (χ0v) is 16.1. The van der Waals surface area contributed by atoms with Crippen molar-refractivity contribution in [1.82, 2.24) is 5.32 Å². The zero-order valence-electron chi connectivity index (χ0n) is 15.3. The van der Waals surface area contributed by atoms with Crippen LogP contribution in [0.5, 0.6) is 0 Å². The maximum atomic E-state index is 12.4. The molecule has 0 bridgehead atoms. The van der Waals surface area contributed by atoms with E-state index in [1.54, 1.807) is 6.07 Å². The maximum absolute atomic E-state index is 12.4. The van der Waals surface area contributed by atoms with Gasteiger partial charge in [-0.2, -0.15) is 0 Å². The minimum atomic E-state index is -1.05. The molecule has 0 unspecified atom stereocenters. The Bertz CT molecular complexity index is 971. The Labute approximate surface area is 171 Å². The van der Waals surface area contributed by atoms with Crippen molar-refractivity contribution in [3.63, 3.8) is 0 Å². The lowest BCUT2D eigenvalue weighted by atomic mass is 10.1. The first-order chi connectivity index (χ1) is 13.8. The fraction of sp³-hybridized carbons (Fsp3) is 0.211. The van der Waals surface area contributed by atoms with E-state index in [1.165, 1.54) is 36.4 Å². The zero-order chi connectivity index (χ0) is 21.0. The Balaban J connectivity index is 1.69. The molecule has 29 heavy (non-hydrogen) atoms. The van der Waals surface area contributed by atoms with Gasteiger partial charge >= 0.3 is 5.97 Å². The van der Waals surface area contributed by atoms with E-state index in [-0.39, 0.29) is 21.9 Å². The molecule has 3 rings (SSSR count). The van der Waals surface area contributed by atoms with Crippen LogP contribution in [-0.4, -0.2) is 40.1 Å². The van der Waals surface area contributed by atoms with Crippen LogP contribution in [0.2, 0.25) is 0 Å². The number of hydrogen-bond donors (Lipinski definition) is 3. The van der Waals surface area contributed by atoms with Gasteiger partial charge in [0.2, 0.25) is 0 Å². The van der Waals surface area contributed by atoms with Gasteiger partial charge in [-0.15, -0.1) is 0 Å². The molecule has 0 spiro atoms. The highest BCUT2D eigenvalue weighted by atomic mass is 32.1. The van der Waals surface area contributed by atoms with Gasteiger partial charge in [-0.3, -0.25) is 20.2 Å². The van der Waals surface area contributed by atoms with Crippen LogP contribution in [0.4, 0.5) is 17.1 Å². The lowest BCUT2D eigenvalue weighted by molar-refractivity contribution is -0.384. The van der Waals surface area contributed by atoms with Gasteiger partial charge in [0.05, 0.1) is 10.5 Å². The molecule has 1 heterocycles. The molecule has 2 aromatic rings. The lowest BCUT2D eigenvalue weighted by Gasteiger charge is -2.18. The second kappa shape index (κ2) is 8.65. The van der Waals surface area contributed by atoms with Gasteiger partial charge < -0.3 is 15.3 Å². The van der Waals surface area contributed by atoms with E-state index >= 15 is 0 Å². The number of benzene rings is 2. The molecular formula is C19H18N4O5S. The summed E-state index contributed by atoms with van der Waals surface area (Å²) in [6.07, 6.45) is 1.96. The molecule has 1 fully saturated rings. The summed E-state index contributed by atoms with van der Waals surface area (Å²) >= 11 is 5.09. The third-order valence-corrected chi connectivity index (χ3v) is 4.70. The second-order valence-electron chi connectivity index (χ2n) is 6.45. The van der Waals surface area contributed by atoms with Crippen LogP contribution in [0.1, 0.15) is 33.6 Å². The highest BCUT2D eigenvalue weighted by molar-refractivity contribution is 7.80. The van der Waals surface area contributed by atoms with E-state index in [9.17, 15) is 19.7 Å². The van der Waals surface area contributed by atoms with Crippen molar-refractivity contribution in [1.29, 1.82) is 0 Å². The summed E-state index contributed by atoms with van der Waals surface area (Å²) in [6.45, 7) is 1.50. The van der Waals surface area contributed by atoms with Gasteiger partial charge in [0.1, 0.15) is 5.69 Å². The number of rotatable bonds is 5. The first-order valence-corrected chi connectivity index (χ1v) is 9.25. The number of carboxylic acid groups (broad SMARTS) is 1. The number of nitrogens with one attached hydrogen (secondary N) is 2. The van der Waals surface area contributed by atoms with Gasteiger partial charge in [0, 0.05) is 30.4 Å². The molecule has 0 saturated carbocycles. The fourth-order valence-electron chi connectivity index (χ4n) is 3.07. The Kier molecular flexibility index (Phi) is 6.03. The SMILES string of the molecule is O=C(O)c1ccc(NC(=S)NC(=O)c2ccc(N3CCCC3)c([N+](=O)[O-])c2)cc1. The number of amides is 1. The van der Waals surface area contributed by atoms with Gasteiger partial charge in [-0.25, -0.2) is 4.79 Å². The van der Waals surface area contributed by atoms with Gasteiger partial charge in [-0.05, 0) is 61.5 Å². The summed E-state index contributed by atoms with van der Waals surface area (Å²) < 4.78 is 0. The van der Waals surface area contributed by atoms with E-state index in [2.05, 4.69) is 10.6 Å². The summed E-state index contributed by atoms with van der Waals surface area (Å²) in [5, 5.41) is 25.6. The number of carboxylic acids is 1. The third kappa shape index (κ3) is 4.85. The van der Waals surface area contributed by atoms with E-state index in [4.69, 9.17) is 17.3 Å². The average molecular weight is 414 g/mol. The molecule has 3 N–H and O–H groups in total. The summed E-state index contributed by atoms with van der Waals surface area (Å²) in [6, 6.07) is 10.2. The van der Waals surface area contributed by atoms with E-state index < -0.39 is 16.8 Å². The van der Waals surface area contributed by atoms with Gasteiger partial charge in [-0.1, -0.05) is 0 Å². The average Bonchev–Trinajstić information content (AvgIpc) is 3.22. The highest BCUT2D eigenvalue weighted by Gasteiger charge is 2.24. The Morgan fingerprint density at radius 1 is 1.07 bits per heavy atom. The molecule has 0 aliphatic carbocycles. The molecule has 0 radical (unpaired) electrons. The van der Waals surface area contributed by atoms with E-state index in [1.807, 2.05) is 4.90 Å². The summed E-state index contributed by atoms with van der Waals surface area (Å²) in [7, 11) is 0. The number of nitro groups is 1. The predicted octanol–water partition coefficient (Wildman–Crippen LogP) is 3.02. The molecule has 1 amide bonds. The third-order valence-electron chi connectivity index (χ3n) is 4.50. The summed E-state index contributed by atoms with van der Waals surface area (Å²) in [4.78, 5) is 36.2. The lowest BCUT2D eigenvalue weighted by Crippen LogP contribution is -2.34. The number of carbonyl (C=O) groups excluding carboxylic acids is 1. The molecular weight excluding hydrogens is 396 g/mol. The number of hydrogen-bond acceptors (Lipinski definition) is 6. The molecule has 1 aliphatic heterocycles. The number of thiocarbonyl (C=S) groups is 1. The number of anilines is 2. The molecule has 2 aromatic carbocycles. The normalized spacial score (nSPS) is 13.0. The largest absolute Gasteiger partial charge is 0.478 e. The maximum Gasteiger partial charge on any atom is 0.335 e. The number of carbonyl (C=O) groups is 2. The standard InChI is InChI=1S/C19H18N4O5S/c24-17(21-19(29)20-14-6-3-12(4-7-14)18(25)26)13-5-8-15(16(11-13)23(27)28)22-9-1-2-10-22/h3-8,11H,1-2,9-10H2,(H,25,26)(H2,20,21,24,29). The van der Waals surface area contributed by atoms with Crippen LogP contribution >= 0.6 is 12.2 Å². The van der Waals surface area contributed by atoms with E-state index in [0.29, 0.717) is 11.4 Å². The van der Waals surface area contributed by atoms with Crippen molar-refractivity contribution in [3.05, 3.63) is 63.7 Å². The number of aromatic carboxylic acids is 1. The molecule has 150 valence electrons. The quantitative estimate of drug-likeness (QED) is 0.387. The number of nitrogens with zero attached hydrogens (tertiary/aromatic N) is 2. The number of nitro benzene ring substituents is 1. The molecule has 10 heteroatoms. The Hall–Kier alpha value is -3.53. The Morgan fingerprint density at radius 2 is 1.69 bits per heavy atom. The smallest absolute Gasteiger partial charge is 0.335 e. The van der Waals surface area contributed by atoms with Gasteiger partial charge in [0.15, 0.2) is 5.11 Å². The van der Waals surface area contributed by atoms with Crippen molar-refractivity contribution >= 4 is 46.3 Å². The first kappa shape index (κ1) is 20.2. The molecule has 1 saturated heterocycles. The second-order valence-corrected chi connectivity index (χ2v) is 6.85. The van der Waals surface area contributed by atoms with Gasteiger partial charge in [0.25, 0.3) is 11.6 Å². The molecule has 1 aliphatic rings. The van der Waals surface area contributed by atoms with Crippen molar-refractivity contribution in [3.8, 4) is 0 Å². The van der Waals surface area contributed by atoms with Crippen LogP contribution in [-0.2, 0) is 0 Å². The molecule has 0 aromatic heterocycles. The monoisotopic (exact) mass is 414 g/mol. The van der Waals surface area contributed by atoms with Crippen molar-refractivity contribution in [2.45, 2.75) is 12.8 Å². The molecule has 9 nitrogen and oxygen atoms in total. The Morgan fingerprint density at radius 3 is 2.28 bits per heavy atom. The summed E-state index contributed by atoms with van der Waals surface area (Å²) in [5.41, 5.74) is 1.11. The van der Waals surface area contributed by atoms with Crippen LogP contribution in [0.25, 0.3) is 0 Å². The highest BCUT2D eigenvalue weighted by Crippen LogP contribution is 2.31. The van der Waals surface area contributed by atoms with E-state index in [0.717, 1.165) is 25.9 Å². The fourth-order valence-corrected chi connectivity index (χ4v) is 3.28. The van der Waals surface area contributed by atoms with Crippen molar-refractivity contribution in [2.75, 3.05) is 23.3 Å². The van der Waals surface area contributed by atoms with Crippen LogP contribution in [0.3, 0.4) is 0 Å². The predicted molar refractivity (Wildman–Crippen MR) is 112 cm³/mol. The molecule has 0 atom stereocenters. The van der Waals surface area contributed by atoms with Crippen LogP contribution in [0.15, 0.2) is 42.5 Å². The van der Waals surface area contributed by atoms with Crippen molar-refractivity contribution in [2.24, 2.45) is 0 Å². The summed E-state index contributed by atoms with van der Waals surface area (Å²) in [5.74, 6) is -1.63. The topological polar surface area (TPSA) is 125 Å². The minimum absolute atomic E-state index is 0.00986.